The molecule has 0 saturated heterocycles. The zero-order valence-corrected chi connectivity index (χ0v) is 11.9. The Morgan fingerprint density at radius 1 is 1.15 bits per heavy atom. The Morgan fingerprint density at radius 2 is 1.75 bits per heavy atom. The lowest BCUT2D eigenvalue weighted by Gasteiger charge is -2.07. The van der Waals surface area contributed by atoms with Gasteiger partial charge < -0.3 is 4.55 Å². The Balaban J connectivity index is 0.000000956. The summed E-state index contributed by atoms with van der Waals surface area (Å²) in [4.78, 5) is 0.146. The Hall–Kier alpha value is -2.03. The summed E-state index contributed by atoms with van der Waals surface area (Å²) in [5.41, 5.74) is 1.14. The van der Waals surface area contributed by atoms with Crippen molar-refractivity contribution >= 4 is 11.1 Å². The second kappa shape index (κ2) is 7.53. The molecule has 0 aromatic heterocycles. The smallest absolute Gasteiger partial charge is 0.132 e. The quantitative estimate of drug-likeness (QED) is 0.793. The summed E-state index contributed by atoms with van der Waals surface area (Å²) < 4.78 is 35.1. The molecule has 20 heavy (non-hydrogen) atoms. The van der Waals surface area contributed by atoms with Crippen molar-refractivity contribution < 1.29 is 13.2 Å². The highest BCUT2D eigenvalue weighted by Crippen LogP contribution is 2.24. The van der Waals surface area contributed by atoms with Crippen LogP contribution in [0.25, 0.3) is 11.1 Å². The van der Waals surface area contributed by atoms with Gasteiger partial charge in [0.15, 0.2) is 0 Å². The van der Waals surface area contributed by atoms with Crippen molar-refractivity contribution in [2.45, 2.75) is 18.7 Å². The molecular weight excluding hydrogens is 277 g/mol. The minimum absolute atomic E-state index is 0.146. The summed E-state index contributed by atoms with van der Waals surface area (Å²) >= 11 is -2.29. The van der Waals surface area contributed by atoms with Crippen LogP contribution in [0.1, 0.15) is 19.4 Å². The van der Waals surface area contributed by atoms with Crippen LogP contribution in [0.15, 0.2) is 47.4 Å². The summed E-state index contributed by atoms with van der Waals surface area (Å²) in [6.45, 7) is 4.00. The van der Waals surface area contributed by atoms with Crippen LogP contribution in [-0.4, -0.2) is 8.76 Å². The molecule has 1 unspecified atom stereocenters. The molecule has 0 spiro atoms. The van der Waals surface area contributed by atoms with Gasteiger partial charge in [0, 0.05) is 10.5 Å². The topological polar surface area (TPSA) is 63.9 Å². The summed E-state index contributed by atoms with van der Waals surface area (Å²) in [6.07, 6.45) is 0. The molecule has 3 nitrogen and oxygen atoms in total. The van der Waals surface area contributed by atoms with Gasteiger partial charge in [-0.25, -0.2) is 4.39 Å². The van der Waals surface area contributed by atoms with Gasteiger partial charge in [-0.05, 0) is 40.9 Å². The zero-order chi connectivity index (χ0) is 15.1. The molecule has 2 aromatic rings. The van der Waals surface area contributed by atoms with Crippen molar-refractivity contribution in [3.8, 4) is 17.2 Å². The van der Waals surface area contributed by atoms with Gasteiger partial charge in [0.2, 0.25) is 0 Å². The van der Waals surface area contributed by atoms with E-state index in [4.69, 9.17) is 5.26 Å². The second-order valence-electron chi connectivity index (χ2n) is 3.57. The third kappa shape index (κ3) is 3.73. The molecule has 0 aliphatic heterocycles. The monoisotopic (exact) mass is 290 g/mol. The van der Waals surface area contributed by atoms with Crippen molar-refractivity contribution in [3.05, 3.63) is 53.8 Å². The number of benzene rings is 2. The molecule has 5 heteroatoms. The first-order valence-electron chi connectivity index (χ1n) is 6.01. The third-order valence-electron chi connectivity index (χ3n) is 2.46. The highest BCUT2D eigenvalue weighted by atomic mass is 32.2. The molecule has 0 amide bonds. The third-order valence-corrected chi connectivity index (χ3v) is 3.11. The van der Waals surface area contributed by atoms with Crippen LogP contribution < -0.4 is 0 Å². The number of nitrogens with zero attached hydrogens (tertiary/aromatic N) is 1. The lowest BCUT2D eigenvalue weighted by molar-refractivity contribution is 0.537. The van der Waals surface area contributed by atoms with Crippen LogP contribution in [0.3, 0.4) is 0 Å². The fourth-order valence-corrected chi connectivity index (χ4v) is 1.92. The molecule has 0 aliphatic carbocycles. The van der Waals surface area contributed by atoms with Crippen LogP contribution >= 0.6 is 0 Å². The average molecular weight is 290 g/mol. The largest absolute Gasteiger partial charge is 0.768 e. The minimum Gasteiger partial charge on any atom is -0.768 e. The predicted octanol–water partition coefficient (Wildman–Crippen LogP) is 3.63. The first-order chi connectivity index (χ1) is 9.61. The van der Waals surface area contributed by atoms with Gasteiger partial charge in [-0.3, -0.25) is 4.21 Å². The van der Waals surface area contributed by atoms with E-state index >= 15 is 0 Å². The highest BCUT2D eigenvalue weighted by Gasteiger charge is 2.06. The minimum atomic E-state index is -2.29. The number of rotatable bonds is 2. The normalized spacial score (nSPS) is 10.9. The molecule has 0 radical (unpaired) electrons. The lowest BCUT2D eigenvalue weighted by atomic mass is 10.0. The first kappa shape index (κ1) is 16.0. The van der Waals surface area contributed by atoms with Crippen LogP contribution in [0.4, 0.5) is 4.39 Å². The molecule has 0 bridgehead atoms. The number of hydrogen-bond donors (Lipinski definition) is 0. The Morgan fingerprint density at radius 3 is 2.20 bits per heavy atom. The summed E-state index contributed by atoms with van der Waals surface area (Å²) in [6, 6.07) is 11.9. The molecule has 0 aliphatic rings. The molecular formula is C15H13FNO2S-. The molecule has 104 valence electrons. The highest BCUT2D eigenvalue weighted by molar-refractivity contribution is 7.79. The molecule has 1 atom stereocenters. The van der Waals surface area contributed by atoms with E-state index < -0.39 is 16.9 Å². The van der Waals surface area contributed by atoms with Crippen LogP contribution in [0.5, 0.6) is 0 Å². The molecule has 0 fully saturated rings. The van der Waals surface area contributed by atoms with Gasteiger partial charge in [0.1, 0.15) is 5.82 Å². The lowest BCUT2D eigenvalue weighted by Crippen LogP contribution is -1.90. The van der Waals surface area contributed by atoms with Gasteiger partial charge in [0.25, 0.3) is 0 Å². The maximum Gasteiger partial charge on any atom is 0.132 e. The SMILES string of the molecule is CC.N#Cc1ccc(-c2ccc(S(=O)[O-])cc2)c(F)c1. The van der Waals surface area contributed by atoms with Crippen molar-refractivity contribution in [2.75, 3.05) is 0 Å². The number of hydrogen-bond acceptors (Lipinski definition) is 3. The van der Waals surface area contributed by atoms with E-state index in [1.807, 2.05) is 19.9 Å². The van der Waals surface area contributed by atoms with Crippen molar-refractivity contribution in [1.29, 1.82) is 5.26 Å². The van der Waals surface area contributed by atoms with Gasteiger partial charge in [0.05, 0.1) is 11.6 Å². The van der Waals surface area contributed by atoms with Crippen molar-refractivity contribution in [1.82, 2.24) is 0 Å². The Labute approximate surface area is 120 Å². The molecule has 2 rings (SSSR count). The summed E-state index contributed by atoms with van der Waals surface area (Å²) in [5.74, 6) is -0.509. The Kier molecular flexibility index (Phi) is 6.04. The molecule has 0 heterocycles. The summed E-state index contributed by atoms with van der Waals surface area (Å²) in [5, 5.41) is 8.64. The Bertz CT molecular complexity index is 648. The predicted molar refractivity (Wildman–Crippen MR) is 75.1 cm³/mol. The first-order valence-corrected chi connectivity index (χ1v) is 7.08. The molecule has 0 saturated carbocycles. The van der Waals surface area contributed by atoms with Gasteiger partial charge in [-0.15, -0.1) is 0 Å². The van der Waals surface area contributed by atoms with E-state index in [0.717, 1.165) is 6.07 Å². The summed E-state index contributed by atoms with van der Waals surface area (Å²) in [7, 11) is 0. The van der Waals surface area contributed by atoms with E-state index in [9.17, 15) is 13.2 Å². The van der Waals surface area contributed by atoms with Gasteiger partial charge in [-0.2, -0.15) is 5.26 Å². The van der Waals surface area contributed by atoms with E-state index in [-0.39, 0.29) is 10.5 Å². The van der Waals surface area contributed by atoms with Gasteiger partial charge >= 0.3 is 0 Å². The second-order valence-corrected chi connectivity index (χ2v) is 4.51. The van der Waals surface area contributed by atoms with Gasteiger partial charge in [-0.1, -0.05) is 32.0 Å². The van der Waals surface area contributed by atoms with E-state index in [2.05, 4.69) is 0 Å². The van der Waals surface area contributed by atoms with E-state index in [0.29, 0.717) is 11.1 Å². The van der Waals surface area contributed by atoms with E-state index in [1.54, 1.807) is 0 Å². The fraction of sp³-hybridized carbons (Fsp3) is 0.133. The van der Waals surface area contributed by atoms with Crippen LogP contribution in [0, 0.1) is 17.1 Å². The zero-order valence-electron chi connectivity index (χ0n) is 11.1. The van der Waals surface area contributed by atoms with E-state index in [1.165, 1.54) is 36.4 Å². The van der Waals surface area contributed by atoms with Crippen molar-refractivity contribution in [2.24, 2.45) is 0 Å². The number of halogens is 1. The number of nitriles is 1. The standard InChI is InChI=1S/C13H8FNO2S.C2H6/c14-13-7-9(8-15)1-6-12(13)10-2-4-11(5-3-10)18(16)17;1-2/h1-7H,(H,16,17);1-2H3/p-1. The van der Waals surface area contributed by atoms with Crippen LogP contribution in [-0.2, 0) is 11.1 Å². The molecule has 2 aromatic carbocycles. The fourth-order valence-electron chi connectivity index (χ4n) is 1.56. The van der Waals surface area contributed by atoms with Crippen molar-refractivity contribution in [3.63, 3.8) is 0 Å². The van der Waals surface area contributed by atoms with Crippen LogP contribution in [0.2, 0.25) is 0 Å². The average Bonchev–Trinajstić information content (AvgIpc) is 2.49. The molecule has 0 N–H and O–H groups in total. The maximum atomic E-state index is 13.7. The maximum absolute atomic E-state index is 13.7.